The number of ether oxygens (including phenoxy) is 1. The van der Waals surface area contributed by atoms with Gasteiger partial charge >= 0.3 is 5.69 Å². The molecular formula is C25H26N6O4S. The van der Waals surface area contributed by atoms with Crippen LogP contribution in [0.2, 0.25) is 0 Å². The number of methoxy groups -OCH3 is 1. The quantitative estimate of drug-likeness (QED) is 0.313. The molecule has 186 valence electrons. The molecule has 0 aliphatic carbocycles. The van der Waals surface area contributed by atoms with Crippen LogP contribution in [0.3, 0.4) is 0 Å². The summed E-state index contributed by atoms with van der Waals surface area (Å²) >= 11 is 1.23. The van der Waals surface area contributed by atoms with Gasteiger partial charge in [0.2, 0.25) is 5.91 Å². The molecule has 2 aromatic heterocycles. The number of aromatic amines is 2. The van der Waals surface area contributed by atoms with Crippen molar-refractivity contribution in [3.05, 3.63) is 91.5 Å². The molecule has 0 aliphatic rings. The summed E-state index contributed by atoms with van der Waals surface area (Å²) < 4.78 is 7.14. The van der Waals surface area contributed by atoms with Crippen LogP contribution in [0.15, 0.2) is 57.2 Å². The number of rotatable bonds is 8. The smallest absolute Gasteiger partial charge is 0.325 e. The van der Waals surface area contributed by atoms with Gasteiger partial charge in [0.15, 0.2) is 5.16 Å². The van der Waals surface area contributed by atoms with Gasteiger partial charge in [-0.05, 0) is 44.0 Å². The second-order valence-electron chi connectivity index (χ2n) is 8.34. The largest absolute Gasteiger partial charge is 0.497 e. The van der Waals surface area contributed by atoms with Crippen LogP contribution >= 0.6 is 11.8 Å². The lowest BCUT2D eigenvalue weighted by Crippen LogP contribution is -2.23. The minimum absolute atomic E-state index is 0.108. The fourth-order valence-corrected chi connectivity index (χ4v) is 4.76. The van der Waals surface area contributed by atoms with E-state index in [4.69, 9.17) is 4.74 Å². The average molecular weight is 507 g/mol. The highest BCUT2D eigenvalue weighted by Crippen LogP contribution is 2.27. The number of H-pyrrole nitrogens is 2. The minimum atomic E-state index is -0.599. The Morgan fingerprint density at radius 1 is 1.06 bits per heavy atom. The lowest BCUT2D eigenvalue weighted by molar-refractivity contribution is -0.113. The molecule has 11 heteroatoms. The van der Waals surface area contributed by atoms with Crippen LogP contribution in [-0.2, 0) is 11.2 Å². The minimum Gasteiger partial charge on any atom is -0.497 e. The standard InChI is InChI=1S/C25H26N6O4S/c1-14-8-15(2)23(16(3)9-14)27-22(33)13-36-25-30-29-20(10-17-11-21(32)28-24(34)26-17)31(25)18-6-5-7-19(12-18)35-4/h5-9,11-12H,10,13H2,1-4H3,(H,27,33)(H2,26,28,32,34). The first kappa shape index (κ1) is 25.0. The number of anilines is 1. The molecule has 0 spiro atoms. The SMILES string of the molecule is COc1cccc(-n2c(Cc3cc(=O)[nH]c(=O)[nH]3)nnc2SCC(=O)Nc2c(C)cc(C)cc2C)c1. The van der Waals surface area contributed by atoms with Crippen LogP contribution in [0.4, 0.5) is 5.69 Å². The summed E-state index contributed by atoms with van der Waals surface area (Å²) in [7, 11) is 1.57. The predicted molar refractivity (Wildman–Crippen MR) is 138 cm³/mol. The second kappa shape index (κ2) is 10.6. The zero-order valence-electron chi connectivity index (χ0n) is 20.3. The molecule has 0 aliphatic heterocycles. The van der Waals surface area contributed by atoms with Gasteiger partial charge in [0.1, 0.15) is 11.6 Å². The molecular weight excluding hydrogens is 480 g/mol. The summed E-state index contributed by atoms with van der Waals surface area (Å²) in [4.78, 5) is 41.0. The summed E-state index contributed by atoms with van der Waals surface area (Å²) in [6.45, 7) is 5.95. The molecule has 0 saturated heterocycles. The maximum absolute atomic E-state index is 12.8. The number of thioether (sulfide) groups is 1. The number of carbonyl (C=O) groups excluding carboxylic acids is 1. The molecule has 0 bridgehead atoms. The van der Waals surface area contributed by atoms with E-state index >= 15 is 0 Å². The van der Waals surface area contributed by atoms with E-state index in [1.807, 2.05) is 57.2 Å². The molecule has 0 radical (unpaired) electrons. The average Bonchev–Trinajstić information content (AvgIpc) is 3.21. The van der Waals surface area contributed by atoms with Crippen molar-refractivity contribution in [3.63, 3.8) is 0 Å². The molecule has 3 N–H and O–H groups in total. The first-order valence-corrected chi connectivity index (χ1v) is 12.1. The zero-order valence-corrected chi connectivity index (χ0v) is 21.2. The summed E-state index contributed by atoms with van der Waals surface area (Å²) in [5, 5.41) is 12.1. The molecule has 0 saturated carbocycles. The number of benzene rings is 2. The summed E-state index contributed by atoms with van der Waals surface area (Å²) in [5.41, 5.74) is 3.94. The van der Waals surface area contributed by atoms with E-state index in [0.717, 1.165) is 28.1 Å². The van der Waals surface area contributed by atoms with Crippen molar-refractivity contribution in [1.29, 1.82) is 0 Å². The van der Waals surface area contributed by atoms with E-state index in [9.17, 15) is 14.4 Å². The number of aryl methyl sites for hydroxylation is 3. The van der Waals surface area contributed by atoms with Crippen molar-refractivity contribution in [2.24, 2.45) is 0 Å². The lowest BCUT2D eigenvalue weighted by Gasteiger charge is -2.13. The second-order valence-corrected chi connectivity index (χ2v) is 9.28. The van der Waals surface area contributed by atoms with E-state index in [1.165, 1.54) is 17.8 Å². The topological polar surface area (TPSA) is 135 Å². The number of amides is 1. The molecule has 2 aromatic carbocycles. The van der Waals surface area contributed by atoms with Gasteiger partial charge in [-0.1, -0.05) is 35.5 Å². The van der Waals surface area contributed by atoms with Gasteiger partial charge < -0.3 is 15.0 Å². The Balaban J connectivity index is 1.62. The van der Waals surface area contributed by atoms with E-state index in [0.29, 0.717) is 22.4 Å². The number of hydrogen-bond acceptors (Lipinski definition) is 7. The van der Waals surface area contributed by atoms with Gasteiger partial charge in [-0.25, -0.2) is 4.79 Å². The first-order valence-electron chi connectivity index (χ1n) is 11.1. The molecule has 0 fully saturated rings. The monoisotopic (exact) mass is 506 g/mol. The Morgan fingerprint density at radius 2 is 1.81 bits per heavy atom. The molecule has 2 heterocycles. The molecule has 4 rings (SSSR count). The molecule has 36 heavy (non-hydrogen) atoms. The van der Waals surface area contributed by atoms with E-state index in [2.05, 4.69) is 25.5 Å². The van der Waals surface area contributed by atoms with Gasteiger partial charge in [-0.15, -0.1) is 10.2 Å². The Labute approximate surface area is 211 Å². The highest BCUT2D eigenvalue weighted by Gasteiger charge is 2.18. The van der Waals surface area contributed by atoms with E-state index < -0.39 is 11.2 Å². The molecule has 10 nitrogen and oxygen atoms in total. The predicted octanol–water partition coefficient (Wildman–Crippen LogP) is 2.90. The maximum atomic E-state index is 12.8. The summed E-state index contributed by atoms with van der Waals surface area (Å²) in [6.07, 6.45) is 0.151. The number of hydrogen-bond donors (Lipinski definition) is 3. The van der Waals surface area contributed by atoms with Crippen molar-refractivity contribution in [1.82, 2.24) is 24.7 Å². The van der Waals surface area contributed by atoms with Gasteiger partial charge in [-0.2, -0.15) is 0 Å². The van der Waals surface area contributed by atoms with Crippen LogP contribution < -0.4 is 21.3 Å². The Bertz CT molecular complexity index is 1490. The summed E-state index contributed by atoms with van der Waals surface area (Å²) in [5.74, 6) is 1.06. The Kier molecular flexibility index (Phi) is 7.39. The van der Waals surface area contributed by atoms with Crippen LogP contribution in [0.1, 0.15) is 28.2 Å². The third-order valence-electron chi connectivity index (χ3n) is 5.45. The van der Waals surface area contributed by atoms with Crippen molar-refractivity contribution in [3.8, 4) is 11.4 Å². The van der Waals surface area contributed by atoms with Crippen molar-refractivity contribution >= 4 is 23.4 Å². The van der Waals surface area contributed by atoms with Crippen molar-refractivity contribution in [2.45, 2.75) is 32.3 Å². The highest BCUT2D eigenvalue weighted by atomic mass is 32.2. The first-order chi connectivity index (χ1) is 17.2. The van der Waals surface area contributed by atoms with Gasteiger partial charge in [0.05, 0.1) is 18.6 Å². The third-order valence-corrected chi connectivity index (χ3v) is 6.38. The molecule has 0 unspecified atom stereocenters. The molecule has 1 amide bonds. The van der Waals surface area contributed by atoms with Gasteiger partial charge in [0.25, 0.3) is 5.56 Å². The molecule has 0 atom stereocenters. The lowest BCUT2D eigenvalue weighted by atomic mass is 10.1. The zero-order chi connectivity index (χ0) is 25.8. The van der Waals surface area contributed by atoms with Crippen LogP contribution in [-0.4, -0.2) is 43.5 Å². The van der Waals surface area contributed by atoms with Gasteiger partial charge in [0, 0.05) is 29.9 Å². The normalized spacial score (nSPS) is 10.9. The van der Waals surface area contributed by atoms with Crippen LogP contribution in [0, 0.1) is 20.8 Å². The Morgan fingerprint density at radius 3 is 2.50 bits per heavy atom. The van der Waals surface area contributed by atoms with Crippen LogP contribution in [0.25, 0.3) is 5.69 Å². The van der Waals surface area contributed by atoms with Crippen molar-refractivity contribution in [2.75, 3.05) is 18.2 Å². The molecule has 4 aromatic rings. The number of carbonyl (C=O) groups is 1. The summed E-state index contributed by atoms with van der Waals surface area (Å²) in [6, 6.07) is 12.7. The van der Waals surface area contributed by atoms with E-state index in [1.54, 1.807) is 11.7 Å². The fraction of sp³-hybridized carbons (Fsp3) is 0.240. The number of nitrogens with one attached hydrogen (secondary N) is 3. The number of nitrogens with zero attached hydrogens (tertiary/aromatic N) is 3. The number of aromatic nitrogens is 5. The van der Waals surface area contributed by atoms with Crippen LogP contribution in [0.5, 0.6) is 5.75 Å². The van der Waals surface area contributed by atoms with Gasteiger partial charge in [-0.3, -0.25) is 19.1 Å². The Hall–Kier alpha value is -4.12. The highest BCUT2D eigenvalue weighted by molar-refractivity contribution is 7.99. The van der Waals surface area contributed by atoms with Crippen molar-refractivity contribution < 1.29 is 9.53 Å². The third kappa shape index (κ3) is 5.74. The fourth-order valence-electron chi connectivity index (χ4n) is 3.98. The van der Waals surface area contributed by atoms with E-state index in [-0.39, 0.29) is 18.1 Å². The maximum Gasteiger partial charge on any atom is 0.325 e.